The van der Waals surface area contributed by atoms with Gasteiger partial charge in [-0.25, -0.2) is 28.1 Å². The molecule has 0 amide bonds. The molecule has 0 saturated heterocycles. The molecule has 2 rings (SSSR count). The molecule has 0 unspecified atom stereocenters. The van der Waals surface area contributed by atoms with Crippen LogP contribution in [0.2, 0.25) is 0 Å². The number of hydrogen-bond donors (Lipinski definition) is 0. The minimum atomic E-state index is -0.552. The smallest absolute Gasteiger partial charge is 0.336 e. The number of aromatic nitrogens is 3. The van der Waals surface area contributed by atoms with Gasteiger partial charge >= 0.3 is 17.1 Å². The summed E-state index contributed by atoms with van der Waals surface area (Å²) >= 11 is 0. The normalized spacial score (nSPS) is 13.3. The molecule has 0 bridgehead atoms. The molecule has 44 heavy (non-hydrogen) atoms. The van der Waals surface area contributed by atoms with E-state index in [4.69, 9.17) is 0 Å². The van der Waals surface area contributed by atoms with Gasteiger partial charge in [-0.2, -0.15) is 0 Å². The lowest BCUT2D eigenvalue weighted by molar-refractivity contribution is 0.336. The van der Waals surface area contributed by atoms with Crippen LogP contribution in [0.5, 0.6) is 0 Å². The lowest BCUT2D eigenvalue weighted by Gasteiger charge is -2.20. The summed E-state index contributed by atoms with van der Waals surface area (Å²) in [5.41, 5.74) is 0.0180. The van der Waals surface area contributed by atoms with Gasteiger partial charge < -0.3 is 4.90 Å². The number of hydrogen-bond acceptors (Lipinski definition) is 5. The molecular weight excluding hydrogens is 550 g/mol. The second kappa shape index (κ2) is 19.9. The van der Waals surface area contributed by atoms with Gasteiger partial charge in [-0.3, -0.25) is 4.99 Å². The fourth-order valence-corrected chi connectivity index (χ4v) is 3.74. The predicted octanol–water partition coefficient (Wildman–Crippen LogP) is 7.86. The Hall–Kier alpha value is -2.38. The molecule has 0 aromatic carbocycles. The lowest BCUT2D eigenvalue weighted by atomic mass is 9.90. The summed E-state index contributed by atoms with van der Waals surface area (Å²) in [6, 6.07) is 0. The molecule has 0 aliphatic carbocycles. The monoisotopic (exact) mass is 622 g/mol. The first-order chi connectivity index (χ1) is 19.8. The number of nitrogens with zero attached hydrogens (tertiary/aromatic N) is 5. The van der Waals surface area contributed by atoms with Crippen molar-refractivity contribution in [3.8, 4) is 0 Å². The lowest BCUT2D eigenvalue weighted by Crippen LogP contribution is -2.54. The van der Waals surface area contributed by atoms with E-state index < -0.39 is 17.1 Å². The van der Waals surface area contributed by atoms with Crippen molar-refractivity contribution in [1.29, 1.82) is 0 Å². The van der Waals surface area contributed by atoms with Crippen LogP contribution in [0.3, 0.4) is 0 Å². The van der Waals surface area contributed by atoms with Crippen molar-refractivity contribution < 1.29 is 0 Å². The molecule has 8 nitrogen and oxygen atoms in total. The average molecular weight is 622 g/mol. The molecule has 8 heteroatoms. The molecule has 1 aromatic heterocycles. The van der Waals surface area contributed by atoms with Crippen molar-refractivity contribution in [2.75, 3.05) is 19.6 Å². The van der Waals surface area contributed by atoms with Gasteiger partial charge in [0.2, 0.25) is 0 Å². The average Bonchev–Trinajstić information content (AvgIpc) is 3.32. The Morgan fingerprint density at radius 3 is 1.41 bits per heavy atom. The zero-order valence-corrected chi connectivity index (χ0v) is 31.6. The van der Waals surface area contributed by atoms with E-state index >= 15 is 0 Å². The molecule has 0 atom stereocenters. The zero-order valence-electron chi connectivity index (χ0n) is 31.6. The molecule has 1 aliphatic heterocycles. The molecule has 0 radical (unpaired) electrons. The van der Waals surface area contributed by atoms with E-state index in [1.165, 1.54) is 30.0 Å². The van der Waals surface area contributed by atoms with Crippen LogP contribution >= 0.6 is 0 Å². The van der Waals surface area contributed by atoms with E-state index in [0.29, 0.717) is 35.8 Å². The SMILES string of the molecule is C=CCn1c(=O)n(CCC)c(=O)n(CCCC(C)(C)C)c1=O.CC(C)(C)C.CC(C)(C)C.CC(C)(C)CCCN1C=NCC1. The second-order valence-electron chi connectivity index (χ2n) is 17.4. The van der Waals surface area contributed by atoms with Crippen LogP contribution in [-0.4, -0.2) is 44.6 Å². The van der Waals surface area contributed by atoms with Crippen molar-refractivity contribution in [2.45, 2.75) is 156 Å². The topological polar surface area (TPSA) is 81.6 Å². The fraction of sp³-hybridized carbons (Fsp3) is 0.833. The van der Waals surface area contributed by atoms with Crippen LogP contribution in [0.1, 0.15) is 136 Å². The molecule has 1 aliphatic rings. The van der Waals surface area contributed by atoms with E-state index in [-0.39, 0.29) is 12.0 Å². The van der Waals surface area contributed by atoms with Crippen LogP contribution in [0, 0.1) is 21.7 Å². The summed E-state index contributed by atoms with van der Waals surface area (Å²) in [6.07, 6.45) is 8.34. The minimum Gasteiger partial charge on any atom is -0.361 e. The molecule has 0 fully saturated rings. The first-order valence-corrected chi connectivity index (χ1v) is 16.6. The molecule has 0 N–H and O–H groups in total. The summed E-state index contributed by atoms with van der Waals surface area (Å²) in [5, 5.41) is 0. The summed E-state index contributed by atoms with van der Waals surface area (Å²) in [5.74, 6) is 0. The molecule has 258 valence electrons. The highest BCUT2D eigenvalue weighted by Crippen LogP contribution is 2.21. The van der Waals surface area contributed by atoms with Gasteiger partial charge in [-0.05, 0) is 53.8 Å². The van der Waals surface area contributed by atoms with E-state index in [2.05, 4.69) is 113 Å². The Balaban J connectivity index is 0. The third-order valence-corrected chi connectivity index (χ3v) is 5.59. The maximum Gasteiger partial charge on any atom is 0.336 e. The molecule has 2 heterocycles. The quantitative estimate of drug-likeness (QED) is 0.249. The van der Waals surface area contributed by atoms with Crippen molar-refractivity contribution in [3.63, 3.8) is 0 Å². The highest BCUT2D eigenvalue weighted by atomic mass is 16.2. The van der Waals surface area contributed by atoms with Crippen molar-refractivity contribution in [3.05, 3.63) is 44.1 Å². The molecule has 1 aromatic rings. The first kappa shape index (κ1) is 43.7. The summed E-state index contributed by atoms with van der Waals surface area (Å²) < 4.78 is 3.38. The van der Waals surface area contributed by atoms with Gasteiger partial charge in [0.1, 0.15) is 0 Å². The molecular formula is C36H71N5O3. The number of aliphatic imine (C=N–C) groups is 1. The van der Waals surface area contributed by atoms with Crippen molar-refractivity contribution >= 4 is 6.34 Å². The maximum absolute atomic E-state index is 12.4. The third-order valence-electron chi connectivity index (χ3n) is 5.59. The number of allylic oxidation sites excluding steroid dienone is 1. The van der Waals surface area contributed by atoms with Gasteiger partial charge in [0.15, 0.2) is 0 Å². The van der Waals surface area contributed by atoms with Crippen LogP contribution in [-0.2, 0) is 19.6 Å². The van der Waals surface area contributed by atoms with E-state index in [9.17, 15) is 14.4 Å². The Morgan fingerprint density at radius 1 is 0.682 bits per heavy atom. The van der Waals surface area contributed by atoms with Crippen LogP contribution in [0.15, 0.2) is 32.0 Å². The molecule has 0 spiro atoms. The van der Waals surface area contributed by atoms with Crippen molar-refractivity contribution in [2.24, 2.45) is 26.7 Å². The Morgan fingerprint density at radius 2 is 1.07 bits per heavy atom. The highest BCUT2D eigenvalue weighted by molar-refractivity contribution is 5.56. The van der Waals surface area contributed by atoms with Gasteiger partial charge in [-0.15, -0.1) is 6.58 Å². The summed E-state index contributed by atoms with van der Waals surface area (Å²) in [6.45, 7) is 40.2. The van der Waals surface area contributed by atoms with Gasteiger partial charge in [0.05, 0.1) is 19.4 Å². The van der Waals surface area contributed by atoms with Crippen LogP contribution < -0.4 is 17.1 Å². The Bertz CT molecular complexity index is 1120. The van der Waals surface area contributed by atoms with Gasteiger partial charge in [0, 0.05) is 26.2 Å². The van der Waals surface area contributed by atoms with E-state index in [1.54, 1.807) is 0 Å². The maximum atomic E-state index is 12.4. The van der Waals surface area contributed by atoms with Crippen LogP contribution in [0.25, 0.3) is 0 Å². The third kappa shape index (κ3) is 25.0. The Labute approximate surface area is 270 Å². The summed E-state index contributed by atoms with van der Waals surface area (Å²) in [4.78, 5) is 43.5. The zero-order chi connectivity index (χ0) is 34.9. The summed E-state index contributed by atoms with van der Waals surface area (Å²) in [7, 11) is 0. The van der Waals surface area contributed by atoms with Crippen LogP contribution in [0.4, 0.5) is 0 Å². The van der Waals surface area contributed by atoms with Crippen molar-refractivity contribution in [1.82, 2.24) is 18.6 Å². The largest absolute Gasteiger partial charge is 0.361 e. The Kier molecular flexibility index (Phi) is 19.8. The van der Waals surface area contributed by atoms with E-state index in [0.717, 1.165) is 35.1 Å². The predicted molar refractivity (Wildman–Crippen MR) is 192 cm³/mol. The molecule has 0 saturated carbocycles. The van der Waals surface area contributed by atoms with Gasteiger partial charge in [0.25, 0.3) is 0 Å². The highest BCUT2D eigenvalue weighted by Gasteiger charge is 2.16. The fourth-order valence-electron chi connectivity index (χ4n) is 3.74. The standard InChI is InChI=1S/C16H27N3O3.C10H20N2.2C5H12/c1-6-10-17-13(20)18(11-7-2)15(22)19(14(17)21)12-8-9-16(3,4)5;1-10(2,3)5-4-7-12-8-6-11-9-12;2*1-5(2,3)4/h6H,1,7-12H2,2-5H3;9H,4-8H2,1-3H3;2*1-4H3. The minimum absolute atomic E-state index is 0.112. The van der Waals surface area contributed by atoms with Gasteiger partial charge in [-0.1, -0.05) is 110 Å². The van der Waals surface area contributed by atoms with E-state index in [1.807, 2.05) is 13.3 Å². The second-order valence-corrected chi connectivity index (χ2v) is 17.4. The number of rotatable bonds is 10. The first-order valence-electron chi connectivity index (χ1n) is 16.6.